The number of carbonyl (C=O) groups is 1. The molecule has 5 nitrogen and oxygen atoms in total. The molecule has 0 unspecified atom stereocenters. The first-order valence-electron chi connectivity index (χ1n) is 8.32. The lowest BCUT2D eigenvalue weighted by Crippen LogP contribution is -2.23. The highest BCUT2D eigenvalue weighted by Crippen LogP contribution is 2.39. The summed E-state index contributed by atoms with van der Waals surface area (Å²) in [7, 11) is 0. The van der Waals surface area contributed by atoms with Crippen LogP contribution >= 0.6 is 11.3 Å². The number of pyridine rings is 1. The van der Waals surface area contributed by atoms with Crippen LogP contribution in [-0.4, -0.2) is 10.9 Å². The summed E-state index contributed by atoms with van der Waals surface area (Å²) in [4.78, 5) is 16.9. The molecule has 1 aromatic carbocycles. The minimum Gasteiger partial charge on any atom is -0.619 e. The van der Waals surface area contributed by atoms with Gasteiger partial charge in [0.25, 0.3) is 0 Å². The number of amides is 1. The Kier molecular flexibility index (Phi) is 4.78. The van der Waals surface area contributed by atoms with E-state index in [1.165, 1.54) is 36.2 Å². The zero-order chi connectivity index (χ0) is 18.9. The third kappa shape index (κ3) is 3.91. The van der Waals surface area contributed by atoms with Crippen molar-refractivity contribution in [3.8, 4) is 21.7 Å². The molecule has 1 N–H and O–H groups in total. The van der Waals surface area contributed by atoms with Crippen molar-refractivity contribution in [3.05, 3.63) is 59.6 Å². The summed E-state index contributed by atoms with van der Waals surface area (Å²) < 4.78 is 0.764. The molecule has 6 heteroatoms. The summed E-state index contributed by atoms with van der Waals surface area (Å²) in [5, 5.41) is 14.9. The number of benzene rings is 1. The second-order valence-corrected chi connectivity index (χ2v) is 8.16. The Labute approximate surface area is 156 Å². The molecule has 0 fully saturated rings. The number of thiazole rings is 1. The number of carbonyl (C=O) groups excluding carboxylic acids is 1. The molecule has 1 amide bonds. The van der Waals surface area contributed by atoms with Crippen molar-refractivity contribution >= 4 is 22.4 Å². The Balaban J connectivity index is 2.10. The first-order chi connectivity index (χ1) is 12.2. The number of hydrogen-bond acceptors (Lipinski definition) is 4. The summed E-state index contributed by atoms with van der Waals surface area (Å²) in [6, 6.07) is 11.8. The van der Waals surface area contributed by atoms with Gasteiger partial charge in [-0.15, -0.1) is 0 Å². The molecule has 0 saturated heterocycles. The van der Waals surface area contributed by atoms with Gasteiger partial charge in [-0.3, -0.25) is 4.79 Å². The van der Waals surface area contributed by atoms with Crippen molar-refractivity contribution < 1.29 is 9.52 Å². The molecule has 0 radical (unpaired) electrons. The van der Waals surface area contributed by atoms with Gasteiger partial charge in [-0.05, 0) is 17.0 Å². The molecule has 2 aromatic heterocycles. The zero-order valence-electron chi connectivity index (χ0n) is 15.2. The van der Waals surface area contributed by atoms with Crippen LogP contribution in [0.3, 0.4) is 0 Å². The molecule has 2 heterocycles. The lowest BCUT2D eigenvalue weighted by molar-refractivity contribution is -0.604. The number of rotatable bonds is 3. The Hall–Kier alpha value is -2.73. The number of hydrogen-bond donors (Lipinski definition) is 1. The SMILES string of the molecule is CC(=O)Nc1nc(-c2ccc(C(C)(C)C)cc2)c(-c2ccc[n+]([O-])c2)s1. The molecular formula is C20H21N3O2S. The van der Waals surface area contributed by atoms with E-state index in [4.69, 9.17) is 0 Å². The summed E-state index contributed by atoms with van der Waals surface area (Å²) in [6.07, 6.45) is 2.95. The maximum Gasteiger partial charge on any atom is 0.223 e. The van der Waals surface area contributed by atoms with Crippen molar-refractivity contribution in [2.45, 2.75) is 33.1 Å². The molecular weight excluding hydrogens is 346 g/mol. The first kappa shape index (κ1) is 18.1. The van der Waals surface area contributed by atoms with Crippen molar-refractivity contribution in [2.75, 3.05) is 5.32 Å². The maximum atomic E-state index is 11.7. The Morgan fingerprint density at radius 1 is 1.15 bits per heavy atom. The van der Waals surface area contributed by atoms with Gasteiger partial charge < -0.3 is 10.5 Å². The van der Waals surface area contributed by atoms with Gasteiger partial charge in [0.05, 0.1) is 16.1 Å². The summed E-state index contributed by atoms with van der Waals surface area (Å²) in [5.41, 5.74) is 3.77. The molecule has 0 aliphatic carbocycles. The third-order valence-corrected chi connectivity index (χ3v) is 4.99. The predicted octanol–water partition coefficient (Wildman–Crippen LogP) is 4.37. The third-order valence-electron chi connectivity index (χ3n) is 3.97. The van der Waals surface area contributed by atoms with Crippen molar-refractivity contribution in [1.82, 2.24) is 4.98 Å². The Bertz CT molecular complexity index is 940. The highest BCUT2D eigenvalue weighted by Gasteiger charge is 2.19. The summed E-state index contributed by atoms with van der Waals surface area (Å²) >= 11 is 1.36. The summed E-state index contributed by atoms with van der Waals surface area (Å²) in [6.45, 7) is 7.96. The lowest BCUT2D eigenvalue weighted by Gasteiger charge is -2.19. The average Bonchev–Trinajstić information content (AvgIpc) is 2.97. The van der Waals surface area contributed by atoms with Gasteiger partial charge in [-0.2, -0.15) is 4.73 Å². The van der Waals surface area contributed by atoms with Gasteiger partial charge in [0.1, 0.15) is 0 Å². The smallest absolute Gasteiger partial charge is 0.223 e. The minimum atomic E-state index is -0.174. The van der Waals surface area contributed by atoms with E-state index in [1.54, 1.807) is 6.07 Å². The molecule has 26 heavy (non-hydrogen) atoms. The van der Waals surface area contributed by atoms with Crippen LogP contribution in [0.2, 0.25) is 0 Å². The lowest BCUT2D eigenvalue weighted by atomic mass is 9.86. The first-order valence-corrected chi connectivity index (χ1v) is 9.14. The quantitative estimate of drug-likeness (QED) is 0.552. The topological polar surface area (TPSA) is 68.9 Å². The van der Waals surface area contributed by atoms with Gasteiger partial charge in [-0.1, -0.05) is 56.4 Å². The molecule has 0 saturated carbocycles. The second kappa shape index (κ2) is 6.88. The van der Waals surface area contributed by atoms with E-state index in [2.05, 4.69) is 43.2 Å². The largest absolute Gasteiger partial charge is 0.619 e. The predicted molar refractivity (Wildman–Crippen MR) is 105 cm³/mol. The highest BCUT2D eigenvalue weighted by atomic mass is 32.1. The zero-order valence-corrected chi connectivity index (χ0v) is 16.1. The van der Waals surface area contributed by atoms with Gasteiger partial charge in [0.15, 0.2) is 17.5 Å². The monoisotopic (exact) mass is 367 g/mol. The van der Waals surface area contributed by atoms with Crippen LogP contribution in [0.1, 0.15) is 33.3 Å². The Morgan fingerprint density at radius 3 is 2.42 bits per heavy atom. The van der Waals surface area contributed by atoms with Crippen LogP contribution in [0, 0.1) is 5.21 Å². The molecule has 0 atom stereocenters. The summed E-state index contributed by atoms with van der Waals surface area (Å²) in [5.74, 6) is -0.174. The van der Waals surface area contributed by atoms with E-state index < -0.39 is 0 Å². The maximum absolute atomic E-state index is 11.7. The molecule has 0 aliphatic rings. The normalized spacial score (nSPS) is 11.4. The van der Waals surface area contributed by atoms with Crippen LogP contribution in [0.25, 0.3) is 21.7 Å². The Morgan fingerprint density at radius 2 is 1.85 bits per heavy atom. The van der Waals surface area contributed by atoms with E-state index in [9.17, 15) is 10.0 Å². The van der Waals surface area contributed by atoms with Gasteiger partial charge >= 0.3 is 0 Å². The van der Waals surface area contributed by atoms with E-state index in [1.807, 2.05) is 18.2 Å². The minimum absolute atomic E-state index is 0.0678. The van der Waals surface area contributed by atoms with Crippen LogP contribution in [-0.2, 0) is 10.2 Å². The fraction of sp³-hybridized carbons (Fsp3) is 0.250. The fourth-order valence-electron chi connectivity index (χ4n) is 2.63. The van der Waals surface area contributed by atoms with Crippen LogP contribution in [0.5, 0.6) is 0 Å². The molecule has 0 bridgehead atoms. The second-order valence-electron chi connectivity index (χ2n) is 7.16. The van der Waals surface area contributed by atoms with Gasteiger partial charge in [-0.25, -0.2) is 4.98 Å². The number of nitrogens with zero attached hydrogens (tertiary/aromatic N) is 2. The molecule has 0 spiro atoms. The molecule has 134 valence electrons. The van der Waals surface area contributed by atoms with Crippen LogP contribution in [0.15, 0.2) is 48.8 Å². The van der Waals surface area contributed by atoms with E-state index in [0.29, 0.717) is 5.13 Å². The number of aromatic nitrogens is 2. The highest BCUT2D eigenvalue weighted by molar-refractivity contribution is 7.19. The molecule has 0 aliphatic heterocycles. The number of anilines is 1. The van der Waals surface area contributed by atoms with Crippen LogP contribution < -0.4 is 10.0 Å². The van der Waals surface area contributed by atoms with Crippen molar-refractivity contribution in [3.63, 3.8) is 0 Å². The standard InChI is InChI=1S/C20H21N3O2S/c1-13(24)21-19-22-17(14-7-9-16(10-8-14)20(2,3)4)18(26-19)15-6-5-11-23(25)12-15/h5-12H,1-4H3,(H,21,22,24). The molecule has 3 aromatic rings. The van der Waals surface area contributed by atoms with E-state index in [-0.39, 0.29) is 11.3 Å². The van der Waals surface area contributed by atoms with Crippen molar-refractivity contribution in [1.29, 1.82) is 0 Å². The fourth-order valence-corrected chi connectivity index (χ4v) is 3.66. The molecule has 3 rings (SSSR count). The van der Waals surface area contributed by atoms with Gasteiger partial charge in [0.2, 0.25) is 5.91 Å². The average molecular weight is 367 g/mol. The van der Waals surface area contributed by atoms with Gasteiger partial charge in [0, 0.05) is 18.6 Å². The number of nitrogens with one attached hydrogen (secondary N) is 1. The van der Waals surface area contributed by atoms with E-state index >= 15 is 0 Å². The van der Waals surface area contributed by atoms with E-state index in [0.717, 1.165) is 26.4 Å². The van der Waals surface area contributed by atoms with Crippen molar-refractivity contribution in [2.24, 2.45) is 0 Å². The van der Waals surface area contributed by atoms with Crippen LogP contribution in [0.4, 0.5) is 5.13 Å².